The van der Waals surface area contributed by atoms with E-state index in [9.17, 15) is 13.2 Å². The van der Waals surface area contributed by atoms with Gasteiger partial charge < -0.3 is 0 Å². The van der Waals surface area contributed by atoms with E-state index in [0.29, 0.717) is 5.39 Å². The highest BCUT2D eigenvalue weighted by Crippen LogP contribution is 2.33. The lowest BCUT2D eigenvalue weighted by Crippen LogP contribution is -2.12. The van der Waals surface area contributed by atoms with Gasteiger partial charge in [-0.05, 0) is 13.0 Å². The van der Waals surface area contributed by atoms with Gasteiger partial charge in [0.05, 0.1) is 16.8 Å². The van der Waals surface area contributed by atoms with E-state index in [1.807, 2.05) is 6.07 Å². The standard InChI is InChI=1S/C12H8F3N3S/c1-7(6-16)19-10-8-4-2-3-5-9(8)17-11(18-10)12(13,14)15/h2-5,7H,1H3/t7-/m0/s1. The normalized spacial score (nSPS) is 13.2. The number of hydrogen-bond donors (Lipinski definition) is 0. The molecule has 1 aromatic carbocycles. The molecule has 0 aliphatic carbocycles. The molecule has 3 nitrogen and oxygen atoms in total. The van der Waals surface area contributed by atoms with Crippen LogP contribution < -0.4 is 0 Å². The lowest BCUT2D eigenvalue weighted by molar-refractivity contribution is -0.145. The highest BCUT2D eigenvalue weighted by Gasteiger charge is 2.35. The minimum atomic E-state index is -4.60. The van der Waals surface area contributed by atoms with Crippen LogP contribution in [0.4, 0.5) is 13.2 Å². The molecule has 0 radical (unpaired) electrons. The Labute approximate surface area is 111 Å². The second-order valence-corrected chi connectivity index (χ2v) is 5.09. The third-order valence-corrected chi connectivity index (χ3v) is 3.29. The average molecular weight is 283 g/mol. The number of halogens is 3. The van der Waals surface area contributed by atoms with Crippen molar-refractivity contribution in [3.63, 3.8) is 0 Å². The number of benzene rings is 1. The van der Waals surface area contributed by atoms with Crippen molar-refractivity contribution in [2.75, 3.05) is 0 Å². The SMILES string of the molecule is C[C@@H](C#N)Sc1nc(C(F)(F)F)nc2ccccc12. The van der Waals surface area contributed by atoms with Crippen LogP contribution in [0.25, 0.3) is 10.9 Å². The Balaban J connectivity index is 2.62. The molecule has 0 aliphatic heterocycles. The third-order valence-electron chi connectivity index (χ3n) is 2.29. The van der Waals surface area contributed by atoms with Crippen LogP contribution in [0.15, 0.2) is 29.3 Å². The van der Waals surface area contributed by atoms with Gasteiger partial charge in [0.15, 0.2) is 0 Å². The van der Waals surface area contributed by atoms with Crippen molar-refractivity contribution in [3.8, 4) is 6.07 Å². The molecule has 7 heteroatoms. The van der Waals surface area contributed by atoms with Gasteiger partial charge in [-0.2, -0.15) is 18.4 Å². The number of rotatable bonds is 2. The first-order chi connectivity index (χ1) is 8.91. The predicted octanol–water partition coefficient (Wildman–Crippen LogP) is 3.65. The molecule has 0 spiro atoms. The summed E-state index contributed by atoms with van der Waals surface area (Å²) >= 11 is 0.991. The Kier molecular flexibility index (Phi) is 3.62. The van der Waals surface area contributed by atoms with Crippen molar-refractivity contribution in [3.05, 3.63) is 30.1 Å². The molecule has 0 saturated carbocycles. The molecule has 19 heavy (non-hydrogen) atoms. The Morgan fingerprint density at radius 3 is 2.58 bits per heavy atom. The molecule has 0 fully saturated rings. The topological polar surface area (TPSA) is 49.6 Å². The monoisotopic (exact) mass is 283 g/mol. The van der Waals surface area contributed by atoms with Gasteiger partial charge >= 0.3 is 6.18 Å². The maximum absolute atomic E-state index is 12.7. The molecule has 1 aromatic heterocycles. The van der Waals surface area contributed by atoms with Gasteiger partial charge in [0.1, 0.15) is 5.03 Å². The van der Waals surface area contributed by atoms with Crippen LogP contribution in [0.3, 0.4) is 0 Å². The van der Waals surface area contributed by atoms with Crippen LogP contribution in [0.1, 0.15) is 12.7 Å². The number of para-hydroxylation sites is 1. The highest BCUT2D eigenvalue weighted by atomic mass is 32.2. The molecule has 1 atom stereocenters. The Morgan fingerprint density at radius 1 is 1.26 bits per heavy atom. The van der Waals surface area contributed by atoms with Gasteiger partial charge in [0.25, 0.3) is 0 Å². The van der Waals surface area contributed by atoms with Gasteiger partial charge in [0, 0.05) is 5.39 Å². The fraction of sp³-hybridized carbons (Fsp3) is 0.250. The van der Waals surface area contributed by atoms with Crippen LogP contribution in [-0.2, 0) is 6.18 Å². The summed E-state index contributed by atoms with van der Waals surface area (Å²) in [5.41, 5.74) is 0.220. The quantitative estimate of drug-likeness (QED) is 0.623. The van der Waals surface area contributed by atoms with Gasteiger partial charge in [-0.25, -0.2) is 9.97 Å². The van der Waals surface area contributed by atoms with Crippen LogP contribution in [0.2, 0.25) is 0 Å². The Hall–Kier alpha value is -1.81. The lowest BCUT2D eigenvalue weighted by atomic mass is 10.2. The molecular weight excluding hydrogens is 275 g/mol. The zero-order valence-corrected chi connectivity index (χ0v) is 10.6. The third kappa shape index (κ3) is 2.96. The van der Waals surface area contributed by atoms with E-state index in [4.69, 9.17) is 5.26 Å². The molecule has 98 valence electrons. The number of hydrogen-bond acceptors (Lipinski definition) is 4. The molecule has 0 amide bonds. The van der Waals surface area contributed by atoms with Crippen LogP contribution in [0, 0.1) is 11.3 Å². The summed E-state index contributed by atoms with van der Waals surface area (Å²) in [6.07, 6.45) is -4.60. The number of nitrogens with zero attached hydrogens (tertiary/aromatic N) is 3. The number of fused-ring (bicyclic) bond motifs is 1. The number of aromatic nitrogens is 2. The zero-order chi connectivity index (χ0) is 14.0. The van der Waals surface area contributed by atoms with E-state index in [1.165, 1.54) is 6.07 Å². The molecule has 0 bridgehead atoms. The second-order valence-electron chi connectivity index (χ2n) is 3.76. The summed E-state index contributed by atoms with van der Waals surface area (Å²) in [5, 5.41) is 8.96. The van der Waals surface area contributed by atoms with E-state index in [1.54, 1.807) is 25.1 Å². The Bertz CT molecular complexity index is 649. The summed E-state index contributed by atoms with van der Waals surface area (Å²) < 4.78 is 38.1. The van der Waals surface area contributed by atoms with Crippen molar-refractivity contribution in [1.29, 1.82) is 5.26 Å². The molecule has 0 unspecified atom stereocenters. The van der Waals surface area contributed by atoms with E-state index in [-0.39, 0.29) is 10.5 Å². The first-order valence-electron chi connectivity index (χ1n) is 5.32. The predicted molar refractivity (Wildman–Crippen MR) is 65.5 cm³/mol. The van der Waals surface area contributed by atoms with E-state index in [2.05, 4.69) is 9.97 Å². The zero-order valence-electron chi connectivity index (χ0n) is 9.77. The first-order valence-corrected chi connectivity index (χ1v) is 6.20. The number of nitriles is 1. The molecule has 0 saturated heterocycles. The fourth-order valence-corrected chi connectivity index (χ4v) is 2.28. The van der Waals surface area contributed by atoms with Crippen molar-refractivity contribution in [2.45, 2.75) is 23.4 Å². The van der Waals surface area contributed by atoms with Crippen molar-refractivity contribution in [2.24, 2.45) is 0 Å². The van der Waals surface area contributed by atoms with Gasteiger partial charge in [0.2, 0.25) is 5.82 Å². The smallest absolute Gasteiger partial charge is 0.224 e. The highest BCUT2D eigenvalue weighted by molar-refractivity contribution is 8.00. The van der Waals surface area contributed by atoms with Crippen LogP contribution >= 0.6 is 11.8 Å². The maximum atomic E-state index is 12.7. The summed E-state index contributed by atoms with van der Waals surface area (Å²) in [7, 11) is 0. The number of alkyl halides is 3. The first kappa shape index (κ1) is 13.6. The molecule has 2 rings (SSSR count). The summed E-state index contributed by atoms with van der Waals surface area (Å²) in [6, 6.07) is 8.40. The second kappa shape index (κ2) is 5.05. The fourth-order valence-electron chi connectivity index (χ4n) is 1.46. The Morgan fingerprint density at radius 2 is 1.95 bits per heavy atom. The summed E-state index contributed by atoms with van der Waals surface area (Å²) in [6.45, 7) is 1.61. The summed E-state index contributed by atoms with van der Waals surface area (Å²) in [5.74, 6) is -1.18. The van der Waals surface area contributed by atoms with Gasteiger partial charge in [-0.15, -0.1) is 0 Å². The van der Waals surface area contributed by atoms with E-state index >= 15 is 0 Å². The summed E-state index contributed by atoms with van der Waals surface area (Å²) in [4.78, 5) is 7.04. The average Bonchev–Trinajstić information content (AvgIpc) is 2.37. The molecule has 2 aromatic rings. The lowest BCUT2D eigenvalue weighted by Gasteiger charge is -2.10. The largest absolute Gasteiger partial charge is 0.451 e. The van der Waals surface area contributed by atoms with Crippen LogP contribution in [-0.4, -0.2) is 15.2 Å². The van der Waals surface area contributed by atoms with E-state index < -0.39 is 17.3 Å². The van der Waals surface area contributed by atoms with Gasteiger partial charge in [-0.3, -0.25) is 0 Å². The molecule has 1 heterocycles. The van der Waals surface area contributed by atoms with Crippen molar-refractivity contribution >= 4 is 22.7 Å². The molecule has 0 aliphatic rings. The van der Waals surface area contributed by atoms with Crippen molar-refractivity contribution in [1.82, 2.24) is 9.97 Å². The van der Waals surface area contributed by atoms with Crippen molar-refractivity contribution < 1.29 is 13.2 Å². The molecule has 0 N–H and O–H groups in total. The molecular formula is C12H8F3N3S. The minimum absolute atomic E-state index is 0.173. The minimum Gasteiger partial charge on any atom is -0.224 e. The van der Waals surface area contributed by atoms with E-state index in [0.717, 1.165) is 11.8 Å². The van der Waals surface area contributed by atoms with Crippen LogP contribution in [0.5, 0.6) is 0 Å². The maximum Gasteiger partial charge on any atom is 0.451 e. The van der Waals surface area contributed by atoms with Gasteiger partial charge in [-0.1, -0.05) is 30.0 Å². The number of thioether (sulfide) groups is 1.